The van der Waals surface area contributed by atoms with Crippen molar-refractivity contribution in [3.63, 3.8) is 0 Å². The predicted molar refractivity (Wildman–Crippen MR) is 60.8 cm³/mol. The zero-order valence-electron chi connectivity index (χ0n) is 9.46. The van der Waals surface area contributed by atoms with Crippen molar-refractivity contribution in [2.75, 3.05) is 26.2 Å². The molecule has 0 unspecified atom stereocenters. The highest BCUT2D eigenvalue weighted by Crippen LogP contribution is 2.07. The van der Waals surface area contributed by atoms with Gasteiger partial charge in [-0.25, -0.2) is 0 Å². The maximum Gasteiger partial charge on any atom is 0.117 e. The first-order valence-corrected chi connectivity index (χ1v) is 5.83. The molecule has 2 heterocycles. The summed E-state index contributed by atoms with van der Waals surface area (Å²) >= 11 is 0. The largest absolute Gasteiger partial charge is 0.465 e. The van der Waals surface area contributed by atoms with E-state index in [1.54, 1.807) is 0 Å². The molecule has 0 bridgehead atoms. The van der Waals surface area contributed by atoms with E-state index < -0.39 is 0 Å². The van der Waals surface area contributed by atoms with E-state index in [1.807, 2.05) is 19.1 Å². The topological polar surface area (TPSA) is 28.4 Å². The van der Waals surface area contributed by atoms with Crippen LogP contribution in [-0.2, 0) is 6.54 Å². The lowest BCUT2D eigenvalue weighted by molar-refractivity contribution is 0.332. The second-order valence-corrected chi connectivity index (χ2v) is 4.24. The molecule has 15 heavy (non-hydrogen) atoms. The van der Waals surface area contributed by atoms with E-state index in [-0.39, 0.29) is 0 Å². The molecule has 1 aromatic rings. The van der Waals surface area contributed by atoms with Crippen molar-refractivity contribution in [3.8, 4) is 0 Å². The van der Waals surface area contributed by atoms with Crippen molar-refractivity contribution >= 4 is 0 Å². The highest BCUT2D eigenvalue weighted by Gasteiger charge is 2.09. The van der Waals surface area contributed by atoms with Crippen molar-refractivity contribution in [1.82, 2.24) is 10.2 Å². The first kappa shape index (κ1) is 10.7. The molecule has 84 valence electrons. The van der Waals surface area contributed by atoms with E-state index in [2.05, 4.69) is 10.2 Å². The summed E-state index contributed by atoms with van der Waals surface area (Å²) in [4.78, 5) is 2.51. The van der Waals surface area contributed by atoms with Gasteiger partial charge >= 0.3 is 0 Å². The second-order valence-electron chi connectivity index (χ2n) is 4.24. The smallest absolute Gasteiger partial charge is 0.117 e. The van der Waals surface area contributed by atoms with Crippen LogP contribution in [-0.4, -0.2) is 31.1 Å². The van der Waals surface area contributed by atoms with Gasteiger partial charge in [-0.15, -0.1) is 0 Å². The lowest BCUT2D eigenvalue weighted by atomic mass is 10.4. The monoisotopic (exact) mass is 208 g/mol. The van der Waals surface area contributed by atoms with Crippen LogP contribution in [0.25, 0.3) is 0 Å². The van der Waals surface area contributed by atoms with Crippen LogP contribution in [0.1, 0.15) is 24.4 Å². The van der Waals surface area contributed by atoms with Crippen LogP contribution >= 0.6 is 0 Å². The number of hydrogen-bond donors (Lipinski definition) is 1. The van der Waals surface area contributed by atoms with Crippen molar-refractivity contribution in [1.29, 1.82) is 0 Å². The SMILES string of the molecule is Cc1ccc(CNCCN2CCCC2)o1. The maximum atomic E-state index is 5.48. The number of nitrogens with one attached hydrogen (secondary N) is 1. The van der Waals surface area contributed by atoms with Gasteiger partial charge in [-0.1, -0.05) is 0 Å². The molecule has 2 rings (SSSR count). The molecule has 1 aliphatic heterocycles. The van der Waals surface area contributed by atoms with E-state index in [0.717, 1.165) is 24.6 Å². The van der Waals surface area contributed by atoms with Gasteiger partial charge in [0, 0.05) is 13.1 Å². The van der Waals surface area contributed by atoms with Gasteiger partial charge in [-0.2, -0.15) is 0 Å². The Bertz CT molecular complexity index is 290. The molecule has 0 spiro atoms. The van der Waals surface area contributed by atoms with Crippen LogP contribution in [0.5, 0.6) is 0 Å². The van der Waals surface area contributed by atoms with Crippen LogP contribution in [0, 0.1) is 6.92 Å². The Balaban J connectivity index is 1.58. The summed E-state index contributed by atoms with van der Waals surface area (Å²) in [5.74, 6) is 2.03. The average molecular weight is 208 g/mol. The van der Waals surface area contributed by atoms with E-state index >= 15 is 0 Å². The van der Waals surface area contributed by atoms with E-state index in [9.17, 15) is 0 Å². The molecule has 0 amide bonds. The second kappa shape index (κ2) is 5.33. The Hall–Kier alpha value is -0.800. The van der Waals surface area contributed by atoms with Gasteiger partial charge in [-0.05, 0) is 45.0 Å². The predicted octanol–water partition coefficient (Wildman–Crippen LogP) is 1.77. The van der Waals surface area contributed by atoms with E-state index in [4.69, 9.17) is 4.42 Å². The lowest BCUT2D eigenvalue weighted by Crippen LogP contribution is -2.29. The van der Waals surface area contributed by atoms with Crippen molar-refractivity contribution in [3.05, 3.63) is 23.7 Å². The summed E-state index contributed by atoms with van der Waals surface area (Å²) < 4.78 is 5.48. The molecule has 0 aromatic carbocycles. The van der Waals surface area contributed by atoms with Crippen LogP contribution in [0.15, 0.2) is 16.5 Å². The summed E-state index contributed by atoms with van der Waals surface area (Å²) in [6, 6.07) is 4.05. The summed E-state index contributed by atoms with van der Waals surface area (Å²) in [5.41, 5.74) is 0. The molecule has 0 radical (unpaired) electrons. The van der Waals surface area contributed by atoms with Gasteiger partial charge in [0.05, 0.1) is 6.54 Å². The minimum Gasteiger partial charge on any atom is -0.465 e. The molecule has 0 atom stereocenters. The number of likely N-dealkylation sites (tertiary alicyclic amines) is 1. The standard InChI is InChI=1S/C12H20N2O/c1-11-4-5-12(15-11)10-13-6-9-14-7-2-3-8-14/h4-5,13H,2-3,6-10H2,1H3. The molecule has 0 aliphatic carbocycles. The summed E-state index contributed by atoms with van der Waals surface area (Å²) in [6.07, 6.45) is 2.74. The normalized spacial score (nSPS) is 17.4. The number of aryl methyl sites for hydroxylation is 1. The summed E-state index contributed by atoms with van der Waals surface area (Å²) in [7, 11) is 0. The Labute approximate surface area is 91.4 Å². The third-order valence-electron chi connectivity index (χ3n) is 2.90. The van der Waals surface area contributed by atoms with Gasteiger partial charge in [0.2, 0.25) is 0 Å². The third kappa shape index (κ3) is 3.36. The highest BCUT2D eigenvalue weighted by molar-refractivity contribution is 5.05. The van der Waals surface area contributed by atoms with Crippen LogP contribution in [0.2, 0.25) is 0 Å². The van der Waals surface area contributed by atoms with Crippen molar-refractivity contribution in [2.24, 2.45) is 0 Å². The molecule has 1 fully saturated rings. The van der Waals surface area contributed by atoms with Crippen molar-refractivity contribution in [2.45, 2.75) is 26.3 Å². The lowest BCUT2D eigenvalue weighted by Gasteiger charge is -2.14. The number of nitrogens with zero attached hydrogens (tertiary/aromatic N) is 1. The van der Waals surface area contributed by atoms with E-state index in [0.29, 0.717) is 0 Å². The molecule has 3 nitrogen and oxygen atoms in total. The summed E-state index contributed by atoms with van der Waals surface area (Å²) in [6.45, 7) is 7.61. The van der Waals surface area contributed by atoms with Crippen LogP contribution < -0.4 is 5.32 Å². The first-order chi connectivity index (χ1) is 7.34. The molecule has 1 aromatic heterocycles. The molecular formula is C12H20N2O. The number of hydrogen-bond acceptors (Lipinski definition) is 3. The van der Waals surface area contributed by atoms with Gasteiger partial charge < -0.3 is 14.6 Å². The number of rotatable bonds is 5. The summed E-state index contributed by atoms with van der Waals surface area (Å²) in [5, 5.41) is 3.41. The molecular weight excluding hydrogens is 188 g/mol. The minimum atomic E-state index is 0.849. The zero-order valence-corrected chi connectivity index (χ0v) is 9.46. The van der Waals surface area contributed by atoms with Gasteiger partial charge in [-0.3, -0.25) is 0 Å². The third-order valence-corrected chi connectivity index (χ3v) is 2.90. The highest BCUT2D eigenvalue weighted by atomic mass is 16.3. The fourth-order valence-electron chi connectivity index (χ4n) is 2.04. The Morgan fingerprint density at radius 1 is 1.33 bits per heavy atom. The number of furan rings is 1. The fourth-order valence-corrected chi connectivity index (χ4v) is 2.04. The van der Waals surface area contributed by atoms with Crippen molar-refractivity contribution < 1.29 is 4.42 Å². The Morgan fingerprint density at radius 3 is 2.80 bits per heavy atom. The van der Waals surface area contributed by atoms with Gasteiger partial charge in [0.25, 0.3) is 0 Å². The Morgan fingerprint density at radius 2 is 2.13 bits per heavy atom. The molecule has 1 N–H and O–H groups in total. The average Bonchev–Trinajstić information content (AvgIpc) is 2.84. The zero-order chi connectivity index (χ0) is 10.5. The van der Waals surface area contributed by atoms with Gasteiger partial charge in [0.1, 0.15) is 11.5 Å². The molecule has 1 aliphatic rings. The Kier molecular flexibility index (Phi) is 3.80. The van der Waals surface area contributed by atoms with E-state index in [1.165, 1.54) is 32.5 Å². The first-order valence-electron chi connectivity index (χ1n) is 5.83. The quantitative estimate of drug-likeness (QED) is 0.748. The molecule has 3 heteroatoms. The molecule has 0 saturated carbocycles. The van der Waals surface area contributed by atoms with Crippen LogP contribution in [0.4, 0.5) is 0 Å². The maximum absolute atomic E-state index is 5.48. The molecule has 1 saturated heterocycles. The fraction of sp³-hybridized carbons (Fsp3) is 0.667. The van der Waals surface area contributed by atoms with Crippen LogP contribution in [0.3, 0.4) is 0 Å². The van der Waals surface area contributed by atoms with Gasteiger partial charge in [0.15, 0.2) is 0 Å². The minimum absolute atomic E-state index is 0.849.